The topological polar surface area (TPSA) is 66.4 Å². The lowest BCUT2D eigenvalue weighted by atomic mass is 10.2. The standard InChI is InChI=1S/C24H35NO3/c1-2-3-4-5-6-7-8-9-10-11-12-13-14-15-16-17-18-19-20-21-23(26)25-22-24(27)28/h3-4,6-7,9-10,12-13,15-16,18-19H,2,5,8,11,14,17,20-22H2,1H3,(H,25,26)(H,27,28)/b4-3+,7-6+,10-9+,13-12+,16-15+,19-18+. The van der Waals surface area contributed by atoms with Crippen LogP contribution in [0.5, 0.6) is 0 Å². The molecule has 0 aromatic heterocycles. The zero-order valence-corrected chi connectivity index (χ0v) is 17.1. The van der Waals surface area contributed by atoms with Gasteiger partial charge >= 0.3 is 5.97 Å². The van der Waals surface area contributed by atoms with Crippen LogP contribution in [0.2, 0.25) is 0 Å². The molecule has 0 fully saturated rings. The average molecular weight is 386 g/mol. The maximum atomic E-state index is 11.3. The van der Waals surface area contributed by atoms with Crippen LogP contribution in [0.1, 0.15) is 58.3 Å². The first-order valence-corrected chi connectivity index (χ1v) is 10.0. The van der Waals surface area contributed by atoms with E-state index in [9.17, 15) is 9.59 Å². The van der Waals surface area contributed by atoms with Crippen LogP contribution in [0.15, 0.2) is 72.9 Å². The molecule has 0 spiro atoms. The van der Waals surface area contributed by atoms with Crippen molar-refractivity contribution in [3.63, 3.8) is 0 Å². The second-order valence-electron chi connectivity index (χ2n) is 6.12. The third kappa shape index (κ3) is 21.4. The summed E-state index contributed by atoms with van der Waals surface area (Å²) < 4.78 is 0. The van der Waals surface area contributed by atoms with Gasteiger partial charge in [-0.3, -0.25) is 9.59 Å². The summed E-state index contributed by atoms with van der Waals surface area (Å²) in [6, 6.07) is 0. The fourth-order valence-electron chi connectivity index (χ4n) is 2.12. The molecule has 0 aliphatic carbocycles. The molecule has 0 radical (unpaired) electrons. The molecule has 0 heterocycles. The van der Waals surface area contributed by atoms with E-state index in [1.165, 1.54) is 0 Å². The summed E-state index contributed by atoms with van der Waals surface area (Å²) in [6.45, 7) is 1.83. The molecule has 2 N–H and O–H groups in total. The minimum Gasteiger partial charge on any atom is -0.480 e. The first-order chi connectivity index (χ1) is 13.7. The van der Waals surface area contributed by atoms with E-state index in [1.807, 2.05) is 12.2 Å². The minimum absolute atomic E-state index is 0.234. The summed E-state index contributed by atoms with van der Waals surface area (Å²) in [5.74, 6) is -1.26. The first-order valence-electron chi connectivity index (χ1n) is 10.0. The van der Waals surface area contributed by atoms with Crippen LogP contribution in [0, 0.1) is 0 Å². The van der Waals surface area contributed by atoms with Gasteiger partial charge in [-0.05, 0) is 44.9 Å². The number of hydrogen-bond donors (Lipinski definition) is 2. The van der Waals surface area contributed by atoms with Crippen LogP contribution in [-0.4, -0.2) is 23.5 Å². The molecule has 1 amide bonds. The molecule has 0 aromatic carbocycles. The Kier molecular flexibility index (Phi) is 18.8. The Morgan fingerprint density at radius 1 is 0.679 bits per heavy atom. The van der Waals surface area contributed by atoms with Crippen LogP contribution in [0.4, 0.5) is 0 Å². The van der Waals surface area contributed by atoms with E-state index < -0.39 is 5.97 Å². The van der Waals surface area contributed by atoms with Gasteiger partial charge in [0.25, 0.3) is 0 Å². The van der Waals surface area contributed by atoms with E-state index in [0.29, 0.717) is 12.8 Å². The Labute approximate surface area is 170 Å². The van der Waals surface area contributed by atoms with Gasteiger partial charge in [-0.15, -0.1) is 0 Å². The van der Waals surface area contributed by atoms with Crippen molar-refractivity contribution in [3.8, 4) is 0 Å². The zero-order chi connectivity index (χ0) is 20.7. The van der Waals surface area contributed by atoms with Crippen LogP contribution in [0.25, 0.3) is 0 Å². The van der Waals surface area contributed by atoms with Crippen molar-refractivity contribution < 1.29 is 14.7 Å². The van der Waals surface area contributed by atoms with Gasteiger partial charge in [-0.2, -0.15) is 0 Å². The molecule has 0 aromatic rings. The van der Waals surface area contributed by atoms with Gasteiger partial charge < -0.3 is 10.4 Å². The maximum absolute atomic E-state index is 11.3. The number of amides is 1. The van der Waals surface area contributed by atoms with E-state index in [1.54, 1.807) is 0 Å². The Hall–Kier alpha value is -2.62. The summed E-state index contributed by atoms with van der Waals surface area (Å²) in [7, 11) is 0. The minimum atomic E-state index is -1.03. The summed E-state index contributed by atoms with van der Waals surface area (Å²) in [5, 5.41) is 10.8. The molecule has 0 rings (SSSR count). The second-order valence-corrected chi connectivity index (χ2v) is 6.12. The van der Waals surface area contributed by atoms with Gasteiger partial charge in [0.15, 0.2) is 0 Å². The molecular weight excluding hydrogens is 350 g/mol. The highest BCUT2D eigenvalue weighted by Crippen LogP contribution is 1.97. The Morgan fingerprint density at radius 3 is 1.46 bits per heavy atom. The molecule has 0 saturated heterocycles. The SMILES string of the molecule is CC/C=C/C/C=C/C/C=C/C/C=C/C/C=C/C/C=C/CCC(=O)NCC(=O)O. The fourth-order valence-corrected chi connectivity index (χ4v) is 2.12. The van der Waals surface area contributed by atoms with E-state index >= 15 is 0 Å². The molecule has 0 atom stereocenters. The highest BCUT2D eigenvalue weighted by Gasteiger charge is 2.01. The molecule has 0 bridgehead atoms. The highest BCUT2D eigenvalue weighted by molar-refractivity contribution is 5.81. The number of carbonyl (C=O) groups excluding carboxylic acids is 1. The highest BCUT2D eigenvalue weighted by atomic mass is 16.4. The van der Waals surface area contributed by atoms with E-state index in [4.69, 9.17) is 5.11 Å². The average Bonchev–Trinajstić information content (AvgIpc) is 2.68. The number of nitrogens with one attached hydrogen (secondary N) is 1. The molecule has 0 unspecified atom stereocenters. The molecular formula is C24H35NO3. The number of hydrogen-bond acceptors (Lipinski definition) is 2. The monoisotopic (exact) mass is 385 g/mol. The number of carboxylic acid groups (broad SMARTS) is 1. The predicted molar refractivity (Wildman–Crippen MR) is 118 cm³/mol. The Bertz CT molecular complexity index is 581. The van der Waals surface area contributed by atoms with Crippen molar-refractivity contribution >= 4 is 11.9 Å². The summed E-state index contributed by atoms with van der Waals surface area (Å²) in [4.78, 5) is 21.6. The van der Waals surface area contributed by atoms with Crippen molar-refractivity contribution in [1.29, 1.82) is 0 Å². The quantitative estimate of drug-likeness (QED) is 0.337. The van der Waals surface area contributed by atoms with Gasteiger partial charge in [0, 0.05) is 6.42 Å². The normalized spacial score (nSPS) is 12.6. The molecule has 0 saturated carbocycles. The van der Waals surface area contributed by atoms with Crippen LogP contribution < -0.4 is 5.32 Å². The lowest BCUT2D eigenvalue weighted by molar-refractivity contribution is -0.137. The van der Waals surface area contributed by atoms with Gasteiger partial charge in [0.1, 0.15) is 6.54 Å². The molecule has 0 aliphatic rings. The number of carboxylic acids is 1. The van der Waals surface area contributed by atoms with Crippen LogP contribution in [-0.2, 0) is 9.59 Å². The van der Waals surface area contributed by atoms with Crippen molar-refractivity contribution in [1.82, 2.24) is 5.32 Å². The number of rotatable bonds is 16. The number of aliphatic carboxylic acids is 1. The van der Waals surface area contributed by atoms with Crippen molar-refractivity contribution in [2.75, 3.05) is 6.54 Å². The van der Waals surface area contributed by atoms with Gasteiger partial charge in [-0.25, -0.2) is 0 Å². The van der Waals surface area contributed by atoms with E-state index in [0.717, 1.165) is 38.5 Å². The van der Waals surface area contributed by atoms with Gasteiger partial charge in [-0.1, -0.05) is 79.8 Å². The van der Waals surface area contributed by atoms with Gasteiger partial charge in [0.05, 0.1) is 0 Å². The van der Waals surface area contributed by atoms with Crippen LogP contribution in [0.3, 0.4) is 0 Å². The second kappa shape index (κ2) is 20.7. The third-order valence-electron chi connectivity index (χ3n) is 3.57. The summed E-state index contributed by atoms with van der Waals surface area (Å²) in [5.41, 5.74) is 0. The number of carbonyl (C=O) groups is 2. The molecule has 4 heteroatoms. The summed E-state index contributed by atoms with van der Waals surface area (Å²) >= 11 is 0. The van der Waals surface area contributed by atoms with Gasteiger partial charge in [0.2, 0.25) is 5.91 Å². The predicted octanol–water partition coefficient (Wildman–Crippen LogP) is 5.67. The van der Waals surface area contributed by atoms with Crippen molar-refractivity contribution in [3.05, 3.63) is 72.9 Å². The smallest absolute Gasteiger partial charge is 0.322 e. The summed E-state index contributed by atoms with van der Waals surface area (Å²) in [6.07, 6.45) is 32.4. The number of allylic oxidation sites excluding steroid dienone is 12. The lowest BCUT2D eigenvalue weighted by Gasteiger charge is -1.99. The molecule has 154 valence electrons. The maximum Gasteiger partial charge on any atom is 0.322 e. The largest absolute Gasteiger partial charge is 0.480 e. The van der Waals surface area contributed by atoms with Crippen molar-refractivity contribution in [2.24, 2.45) is 0 Å². The Balaban J connectivity index is 3.58. The third-order valence-corrected chi connectivity index (χ3v) is 3.57. The van der Waals surface area contributed by atoms with E-state index in [2.05, 4.69) is 73.0 Å². The van der Waals surface area contributed by atoms with Crippen molar-refractivity contribution in [2.45, 2.75) is 58.3 Å². The zero-order valence-electron chi connectivity index (χ0n) is 17.1. The van der Waals surface area contributed by atoms with E-state index in [-0.39, 0.29) is 12.5 Å². The van der Waals surface area contributed by atoms with Crippen LogP contribution >= 0.6 is 0 Å². The lowest BCUT2D eigenvalue weighted by Crippen LogP contribution is -2.28. The Morgan fingerprint density at radius 2 is 1.07 bits per heavy atom. The molecule has 4 nitrogen and oxygen atoms in total. The first kappa shape index (κ1) is 25.4. The fraction of sp³-hybridized carbons (Fsp3) is 0.417. The molecule has 0 aliphatic heterocycles. The molecule has 28 heavy (non-hydrogen) atoms.